The highest BCUT2D eigenvalue weighted by Gasteiger charge is 2.55. The number of hydrogen-bond acceptors (Lipinski definition) is 5. The lowest BCUT2D eigenvalue weighted by atomic mass is 9.76. The van der Waals surface area contributed by atoms with E-state index in [0.29, 0.717) is 18.5 Å². The van der Waals surface area contributed by atoms with E-state index in [-0.39, 0.29) is 36.1 Å². The van der Waals surface area contributed by atoms with Gasteiger partial charge >= 0.3 is 5.69 Å². The number of hydrogen-bond donors (Lipinski definition) is 3. The average molecular weight is 426 g/mol. The number of nitrogens with one attached hydrogen (secondary N) is 2. The van der Waals surface area contributed by atoms with Crippen LogP contribution in [-0.4, -0.2) is 53.1 Å². The van der Waals surface area contributed by atoms with E-state index >= 15 is 4.39 Å². The molecule has 3 fully saturated rings. The lowest BCUT2D eigenvalue weighted by Gasteiger charge is -2.38. The van der Waals surface area contributed by atoms with Gasteiger partial charge < -0.3 is 15.5 Å². The number of rotatable bonds is 3. The van der Waals surface area contributed by atoms with E-state index in [2.05, 4.69) is 9.97 Å². The van der Waals surface area contributed by atoms with Gasteiger partial charge in [-0.25, -0.2) is 18.0 Å². The molecule has 4 N–H and O–H groups in total. The van der Waals surface area contributed by atoms with Gasteiger partial charge in [0.1, 0.15) is 11.9 Å². The zero-order chi connectivity index (χ0) is 21.4. The molecular formula is C20H25F3N4O3. The van der Waals surface area contributed by atoms with Crippen LogP contribution >= 0.6 is 0 Å². The quantitative estimate of drug-likeness (QED) is 0.680. The molecule has 30 heavy (non-hydrogen) atoms. The van der Waals surface area contributed by atoms with E-state index in [1.807, 2.05) is 4.90 Å². The number of aromatic amines is 2. The van der Waals surface area contributed by atoms with E-state index in [4.69, 9.17) is 10.5 Å². The van der Waals surface area contributed by atoms with Crippen LogP contribution in [0.1, 0.15) is 43.0 Å². The highest BCUT2D eigenvalue weighted by Crippen LogP contribution is 2.52. The Labute approximate surface area is 170 Å². The summed E-state index contributed by atoms with van der Waals surface area (Å²) < 4.78 is 49.8. The normalized spacial score (nSPS) is 36.0. The maximum Gasteiger partial charge on any atom is 0.326 e. The van der Waals surface area contributed by atoms with Crippen LogP contribution < -0.4 is 17.0 Å². The fourth-order valence-electron chi connectivity index (χ4n) is 5.65. The summed E-state index contributed by atoms with van der Waals surface area (Å²) in [4.78, 5) is 31.1. The van der Waals surface area contributed by atoms with Crippen molar-refractivity contribution in [2.45, 2.75) is 49.8 Å². The molecule has 5 rings (SSSR count). The molecular weight excluding hydrogens is 401 g/mol. The number of likely N-dealkylation sites (tertiary alicyclic amines) is 1. The molecule has 3 aliphatic carbocycles. The highest BCUT2D eigenvalue weighted by molar-refractivity contribution is 5.75. The lowest BCUT2D eigenvalue weighted by Crippen LogP contribution is -2.52. The Morgan fingerprint density at radius 2 is 1.90 bits per heavy atom. The number of nitrogens with zero attached hydrogens (tertiary/aromatic N) is 1. The number of halogens is 3. The Balaban J connectivity index is 1.58. The van der Waals surface area contributed by atoms with Gasteiger partial charge in [0, 0.05) is 32.2 Å². The molecule has 1 aromatic heterocycles. The minimum Gasteiger partial charge on any atom is -0.373 e. The Bertz CT molecular complexity index is 1020. The molecule has 0 spiro atoms. The number of alkyl halides is 2. The van der Waals surface area contributed by atoms with Gasteiger partial charge in [0.05, 0.1) is 23.3 Å². The van der Waals surface area contributed by atoms with Gasteiger partial charge in [0.2, 0.25) is 0 Å². The summed E-state index contributed by atoms with van der Waals surface area (Å²) in [7, 11) is 1.39. The van der Waals surface area contributed by atoms with Crippen molar-refractivity contribution in [3.8, 4) is 0 Å². The van der Waals surface area contributed by atoms with Crippen molar-refractivity contribution < 1.29 is 17.9 Å². The molecule has 164 valence electrons. The number of aromatic nitrogens is 2. The fourth-order valence-corrected chi connectivity index (χ4v) is 5.65. The summed E-state index contributed by atoms with van der Waals surface area (Å²) in [5.74, 6) is -3.97. The summed E-state index contributed by atoms with van der Waals surface area (Å²) in [5, 5.41) is 0. The fraction of sp³-hybridized carbons (Fsp3) is 0.700. The second kappa shape index (κ2) is 6.80. The van der Waals surface area contributed by atoms with Crippen molar-refractivity contribution in [1.29, 1.82) is 0 Å². The first-order valence-electron chi connectivity index (χ1n) is 10.4. The molecule has 10 heteroatoms. The van der Waals surface area contributed by atoms with Gasteiger partial charge in [-0.3, -0.25) is 14.7 Å². The lowest BCUT2D eigenvalue weighted by molar-refractivity contribution is -0.0797. The van der Waals surface area contributed by atoms with Gasteiger partial charge in [-0.15, -0.1) is 0 Å². The smallest absolute Gasteiger partial charge is 0.326 e. The molecule has 0 radical (unpaired) electrons. The number of fused-ring (bicyclic) bond motifs is 2. The van der Waals surface area contributed by atoms with Crippen LogP contribution in [0.5, 0.6) is 0 Å². The van der Waals surface area contributed by atoms with Crippen molar-refractivity contribution in [3.63, 3.8) is 0 Å². The molecule has 5 atom stereocenters. The monoisotopic (exact) mass is 426 g/mol. The van der Waals surface area contributed by atoms with Crippen LogP contribution in [0, 0.1) is 17.8 Å². The largest absolute Gasteiger partial charge is 0.373 e. The Hall–Kier alpha value is -1.91. The van der Waals surface area contributed by atoms with Crippen LogP contribution in [-0.2, 0) is 4.74 Å². The number of nitrogens with two attached hydrogens (primary N) is 1. The second-order valence-electron chi connectivity index (χ2n) is 9.04. The van der Waals surface area contributed by atoms with Crippen LogP contribution in [0.3, 0.4) is 0 Å². The van der Waals surface area contributed by atoms with E-state index in [1.165, 1.54) is 7.11 Å². The molecule has 1 aliphatic heterocycles. The van der Waals surface area contributed by atoms with E-state index < -0.39 is 47.1 Å². The predicted molar refractivity (Wildman–Crippen MR) is 103 cm³/mol. The predicted octanol–water partition coefficient (Wildman–Crippen LogP) is 1.53. The topological polar surface area (TPSA) is 104 Å². The molecule has 2 heterocycles. The number of H-pyrrole nitrogens is 2. The first-order valence-corrected chi connectivity index (χ1v) is 10.4. The number of methoxy groups -OCH3 is 1. The molecule has 4 aliphatic rings. The van der Waals surface area contributed by atoms with Crippen molar-refractivity contribution in [3.05, 3.63) is 37.9 Å². The molecule has 0 bridgehead atoms. The SMILES string of the molecule is COC1c2[nH]c(=O)[nH]c(=O)c2C(C2CC2)=C(F)C1N1CC2CCC(F)(F)C(N)C2C1. The average Bonchev–Trinajstić information content (AvgIpc) is 3.43. The zero-order valence-electron chi connectivity index (χ0n) is 16.6. The maximum atomic E-state index is 15.9. The first-order chi connectivity index (χ1) is 14.2. The summed E-state index contributed by atoms with van der Waals surface area (Å²) in [6.45, 7) is 0.646. The minimum atomic E-state index is -2.93. The number of ether oxygens (including phenoxy) is 1. The van der Waals surface area contributed by atoms with Crippen molar-refractivity contribution in [1.82, 2.24) is 14.9 Å². The molecule has 1 saturated heterocycles. The highest BCUT2D eigenvalue weighted by atomic mass is 19.3. The maximum absolute atomic E-state index is 15.9. The molecule has 0 amide bonds. The minimum absolute atomic E-state index is 0.0473. The molecule has 7 nitrogen and oxygen atoms in total. The van der Waals surface area contributed by atoms with Crippen LogP contribution in [0.2, 0.25) is 0 Å². The van der Waals surface area contributed by atoms with Gasteiger partial charge in [0.15, 0.2) is 0 Å². The summed E-state index contributed by atoms with van der Waals surface area (Å²) in [6.07, 6.45) is 0.661. The van der Waals surface area contributed by atoms with Crippen molar-refractivity contribution in [2.75, 3.05) is 20.2 Å². The third kappa shape index (κ3) is 2.91. The van der Waals surface area contributed by atoms with E-state index in [1.54, 1.807) is 0 Å². The third-order valence-corrected chi connectivity index (χ3v) is 7.28. The Morgan fingerprint density at radius 1 is 1.17 bits per heavy atom. The standard InChI is InChI=1S/C20H25F3N4O3/c1-30-16-14-12(18(28)26-19(29)25-14)11(8-2-3-8)13(21)15(16)27-6-9-4-5-20(22,23)17(24)10(9)7-27/h8-10,15-17H,2-7,24H2,1H3,(H2,25,26,28,29). The molecule has 1 aromatic rings. The summed E-state index contributed by atoms with van der Waals surface area (Å²) in [5.41, 5.74) is 5.26. The molecule has 2 saturated carbocycles. The van der Waals surface area contributed by atoms with Crippen molar-refractivity contribution >= 4 is 5.57 Å². The van der Waals surface area contributed by atoms with E-state index in [9.17, 15) is 18.4 Å². The van der Waals surface area contributed by atoms with Gasteiger partial charge in [-0.05, 0) is 37.0 Å². The van der Waals surface area contributed by atoms with E-state index in [0.717, 1.165) is 12.8 Å². The van der Waals surface area contributed by atoms with Crippen LogP contribution in [0.15, 0.2) is 15.4 Å². The Morgan fingerprint density at radius 3 is 2.57 bits per heavy atom. The van der Waals surface area contributed by atoms with Crippen LogP contribution in [0.4, 0.5) is 13.2 Å². The summed E-state index contributed by atoms with van der Waals surface area (Å²) in [6, 6.07) is -2.15. The first kappa shape index (κ1) is 20.0. The van der Waals surface area contributed by atoms with Gasteiger partial charge in [-0.2, -0.15) is 0 Å². The molecule has 0 aromatic carbocycles. The third-order valence-electron chi connectivity index (χ3n) is 7.28. The van der Waals surface area contributed by atoms with Crippen molar-refractivity contribution in [2.24, 2.45) is 23.5 Å². The number of allylic oxidation sites excluding steroid dienone is 1. The van der Waals surface area contributed by atoms with Gasteiger partial charge in [0.25, 0.3) is 11.5 Å². The second-order valence-corrected chi connectivity index (χ2v) is 9.04. The summed E-state index contributed by atoms with van der Waals surface area (Å²) >= 11 is 0. The molecule has 5 unspecified atom stereocenters. The zero-order valence-corrected chi connectivity index (χ0v) is 16.6. The van der Waals surface area contributed by atoms with Gasteiger partial charge in [-0.1, -0.05) is 0 Å². The van der Waals surface area contributed by atoms with Crippen LogP contribution in [0.25, 0.3) is 5.57 Å². The Kier molecular flexibility index (Phi) is 4.53.